The average molecular weight is 720 g/mol. The number of fused-ring (bicyclic) bond motifs is 14. The summed E-state index contributed by atoms with van der Waals surface area (Å²) < 4.78 is 0. The largest absolute Gasteiger partial charge is 0.361 e. The van der Waals surface area contributed by atoms with E-state index in [1.165, 1.54) is 96.9 Å². The van der Waals surface area contributed by atoms with E-state index in [4.69, 9.17) is 0 Å². The van der Waals surface area contributed by atoms with E-state index in [0.29, 0.717) is 18.0 Å². The fourth-order valence-corrected chi connectivity index (χ4v) is 12.8. The molecule has 1 nitrogen and oxygen atoms in total. The molecular formula is C55H45N. The van der Waals surface area contributed by atoms with Crippen LogP contribution in [0.3, 0.4) is 0 Å². The lowest BCUT2D eigenvalue weighted by atomic mass is 9.66. The Hall–Kier alpha value is -5.66. The molecule has 0 amide bonds. The first kappa shape index (κ1) is 31.5. The molecule has 8 aliphatic rings. The van der Waals surface area contributed by atoms with Crippen molar-refractivity contribution < 1.29 is 0 Å². The summed E-state index contributed by atoms with van der Waals surface area (Å²) >= 11 is 0. The van der Waals surface area contributed by atoms with Gasteiger partial charge in [-0.3, -0.25) is 0 Å². The molecule has 1 spiro atoms. The van der Waals surface area contributed by atoms with Gasteiger partial charge < -0.3 is 4.90 Å². The summed E-state index contributed by atoms with van der Waals surface area (Å²) in [7, 11) is 0. The van der Waals surface area contributed by atoms with Gasteiger partial charge in [0.05, 0.1) is 11.5 Å². The highest BCUT2D eigenvalue weighted by molar-refractivity contribution is 6.20. The van der Waals surface area contributed by atoms with Crippen LogP contribution < -0.4 is 4.90 Å². The van der Waals surface area contributed by atoms with Gasteiger partial charge in [-0.25, -0.2) is 0 Å². The van der Waals surface area contributed by atoms with Gasteiger partial charge in [-0.05, 0) is 164 Å². The Morgan fingerprint density at radius 1 is 0.661 bits per heavy atom. The van der Waals surface area contributed by atoms with Gasteiger partial charge in [-0.15, -0.1) is 0 Å². The predicted octanol–water partition coefficient (Wildman–Crippen LogP) is 13.4. The second-order valence-electron chi connectivity index (χ2n) is 17.5. The Labute approximate surface area is 330 Å². The van der Waals surface area contributed by atoms with Crippen molar-refractivity contribution in [3.05, 3.63) is 196 Å². The lowest BCUT2D eigenvalue weighted by Gasteiger charge is -2.45. The van der Waals surface area contributed by atoms with E-state index in [0.717, 1.165) is 38.5 Å². The molecule has 13 rings (SSSR count). The predicted molar refractivity (Wildman–Crippen MR) is 234 cm³/mol. The van der Waals surface area contributed by atoms with Crippen molar-refractivity contribution in [1.29, 1.82) is 0 Å². The molecule has 0 fully saturated rings. The van der Waals surface area contributed by atoms with Crippen molar-refractivity contribution in [3.63, 3.8) is 0 Å². The maximum atomic E-state index is 2.94. The highest BCUT2D eigenvalue weighted by Gasteiger charge is 2.55. The molecule has 5 aromatic carbocycles. The first-order valence-corrected chi connectivity index (χ1v) is 21.3. The molecule has 0 saturated carbocycles. The molecular weight excluding hydrogens is 675 g/mol. The molecule has 0 bridgehead atoms. The van der Waals surface area contributed by atoms with E-state index >= 15 is 0 Å². The Bertz CT molecular complexity index is 2810. The summed E-state index contributed by atoms with van der Waals surface area (Å²) in [6.07, 6.45) is 30.0. The van der Waals surface area contributed by atoms with Crippen LogP contribution in [0, 0.1) is 5.92 Å². The molecule has 56 heavy (non-hydrogen) atoms. The first-order valence-electron chi connectivity index (χ1n) is 21.3. The number of hydrogen-bond acceptors (Lipinski definition) is 1. The minimum absolute atomic E-state index is 0.313. The molecule has 5 aromatic rings. The monoisotopic (exact) mass is 719 g/mol. The molecule has 1 aliphatic heterocycles. The molecule has 0 aromatic heterocycles. The highest BCUT2D eigenvalue weighted by Crippen LogP contribution is 2.67. The standard InChI is InChI=1S/C55H45N/c1-2-15-36-31-38(29-27-34(36)13-1)56-51-25-10-3-14-35(51)16-11-26-52(56)37-28-30-42-41-19-6-8-23-47(41)55(49(42)32-37)48-24-9-7-20-44(48)54-45-22-12-21-43-39-17-4-5-18-40(39)46(53(43)45)33-50(54)55/h1-6,8-10,12-15,17-19,21-25,27,32-33,36,38,52H,7,11,16,20,26,28-31H2. The number of benzene rings is 5. The Balaban J connectivity index is 1.04. The van der Waals surface area contributed by atoms with Gasteiger partial charge in [0.25, 0.3) is 0 Å². The van der Waals surface area contributed by atoms with Crippen molar-refractivity contribution >= 4 is 27.6 Å². The number of aryl methyl sites for hydroxylation is 1. The number of para-hydroxylation sites is 1. The van der Waals surface area contributed by atoms with Crippen LogP contribution in [0.4, 0.5) is 5.69 Å². The summed E-state index contributed by atoms with van der Waals surface area (Å²) in [5.74, 6) is 0.507. The van der Waals surface area contributed by atoms with Gasteiger partial charge in [0.15, 0.2) is 0 Å². The fraction of sp³-hybridized carbons (Fsp3) is 0.236. The van der Waals surface area contributed by atoms with Crippen molar-refractivity contribution in [2.45, 2.75) is 75.3 Å². The zero-order valence-electron chi connectivity index (χ0n) is 31.9. The van der Waals surface area contributed by atoms with E-state index in [9.17, 15) is 0 Å². The van der Waals surface area contributed by atoms with Crippen LogP contribution >= 0.6 is 0 Å². The van der Waals surface area contributed by atoms with Crippen LogP contribution in [0.5, 0.6) is 0 Å². The molecule has 0 saturated heterocycles. The summed E-state index contributed by atoms with van der Waals surface area (Å²) in [4.78, 5) is 2.94. The van der Waals surface area contributed by atoms with Gasteiger partial charge in [-0.1, -0.05) is 134 Å². The van der Waals surface area contributed by atoms with Crippen LogP contribution in [0.1, 0.15) is 79.2 Å². The molecule has 270 valence electrons. The lowest BCUT2D eigenvalue weighted by Crippen LogP contribution is -2.46. The van der Waals surface area contributed by atoms with E-state index in [2.05, 4.69) is 151 Å². The molecule has 0 N–H and O–H groups in total. The Morgan fingerprint density at radius 2 is 1.50 bits per heavy atom. The van der Waals surface area contributed by atoms with Crippen LogP contribution in [0.2, 0.25) is 0 Å². The van der Waals surface area contributed by atoms with Crippen LogP contribution in [0.25, 0.3) is 44.2 Å². The van der Waals surface area contributed by atoms with Crippen molar-refractivity contribution in [2.75, 3.05) is 4.90 Å². The smallest absolute Gasteiger partial charge is 0.0719 e. The van der Waals surface area contributed by atoms with Crippen molar-refractivity contribution in [1.82, 2.24) is 0 Å². The van der Waals surface area contributed by atoms with Crippen molar-refractivity contribution in [2.24, 2.45) is 5.92 Å². The third kappa shape index (κ3) is 4.06. The third-order valence-corrected chi connectivity index (χ3v) is 15.0. The minimum Gasteiger partial charge on any atom is -0.361 e. The topological polar surface area (TPSA) is 3.24 Å². The number of anilines is 1. The second kappa shape index (κ2) is 11.7. The number of allylic oxidation sites excluding steroid dienone is 12. The van der Waals surface area contributed by atoms with E-state index in [1.807, 2.05) is 0 Å². The SMILES string of the molecule is C1=CC2=CCC(N3c4ccccc4CCCC3C3=CC4=C(CC3)c3ccccc3C43C4=C(CCC=C4)c4c3cc3c5c(cccc45)-c4ccccc4-3)CC2C=C1. The minimum atomic E-state index is -0.313. The van der Waals surface area contributed by atoms with Crippen LogP contribution in [-0.4, -0.2) is 12.1 Å². The number of nitrogens with zero attached hydrogens (tertiary/aromatic N) is 1. The molecule has 4 atom stereocenters. The van der Waals surface area contributed by atoms with Gasteiger partial charge in [-0.2, -0.15) is 0 Å². The quantitative estimate of drug-likeness (QED) is 0.172. The summed E-state index contributed by atoms with van der Waals surface area (Å²) in [6, 6.07) is 38.7. The molecule has 4 unspecified atom stereocenters. The Kier molecular flexibility index (Phi) is 6.58. The summed E-state index contributed by atoms with van der Waals surface area (Å²) in [5.41, 5.74) is 23.7. The van der Waals surface area contributed by atoms with E-state index in [1.54, 1.807) is 22.3 Å². The molecule has 0 radical (unpaired) electrons. The average Bonchev–Trinajstić information content (AvgIpc) is 3.79. The first-order chi connectivity index (χ1) is 27.8. The highest BCUT2D eigenvalue weighted by atomic mass is 15.2. The van der Waals surface area contributed by atoms with Gasteiger partial charge >= 0.3 is 0 Å². The summed E-state index contributed by atoms with van der Waals surface area (Å²) in [6.45, 7) is 0. The van der Waals surface area contributed by atoms with E-state index < -0.39 is 0 Å². The fourth-order valence-electron chi connectivity index (χ4n) is 12.8. The zero-order valence-corrected chi connectivity index (χ0v) is 31.9. The molecule has 7 aliphatic carbocycles. The lowest BCUT2D eigenvalue weighted by molar-refractivity contribution is 0.444. The summed E-state index contributed by atoms with van der Waals surface area (Å²) in [5, 5.41) is 2.90. The Morgan fingerprint density at radius 3 is 2.45 bits per heavy atom. The second-order valence-corrected chi connectivity index (χ2v) is 17.5. The molecule has 1 heteroatoms. The van der Waals surface area contributed by atoms with Gasteiger partial charge in [0, 0.05) is 17.6 Å². The van der Waals surface area contributed by atoms with Crippen molar-refractivity contribution in [3.8, 4) is 22.3 Å². The maximum Gasteiger partial charge on any atom is 0.0719 e. The number of rotatable bonds is 2. The van der Waals surface area contributed by atoms with Crippen LogP contribution in [-0.2, 0) is 11.8 Å². The maximum absolute atomic E-state index is 2.94. The molecule has 1 heterocycles. The van der Waals surface area contributed by atoms with Gasteiger partial charge in [0.2, 0.25) is 0 Å². The van der Waals surface area contributed by atoms with Gasteiger partial charge in [0.1, 0.15) is 0 Å². The van der Waals surface area contributed by atoms with Crippen LogP contribution in [0.15, 0.2) is 168 Å². The van der Waals surface area contributed by atoms with E-state index in [-0.39, 0.29) is 5.41 Å². The normalized spacial score (nSPS) is 26.0. The third-order valence-electron chi connectivity index (χ3n) is 15.0. The number of hydrogen-bond donors (Lipinski definition) is 0. The zero-order chi connectivity index (χ0) is 36.5.